The van der Waals surface area contributed by atoms with E-state index in [1.54, 1.807) is 18.5 Å². The lowest BCUT2D eigenvalue weighted by molar-refractivity contribution is 0.425. The maximum Gasteiger partial charge on any atom is 0.167 e. The quantitative estimate of drug-likeness (QED) is 0.381. The van der Waals surface area contributed by atoms with Gasteiger partial charge in [0.1, 0.15) is 5.82 Å². The van der Waals surface area contributed by atoms with Gasteiger partial charge in [-0.05, 0) is 61.1 Å². The monoisotopic (exact) mass is 457 g/mol. The zero-order valence-corrected chi connectivity index (χ0v) is 19.7. The molecule has 0 radical (unpaired) electrons. The number of nitrogens with zero attached hydrogens (tertiary/aromatic N) is 3. The van der Waals surface area contributed by atoms with Gasteiger partial charge < -0.3 is 10.3 Å². The van der Waals surface area contributed by atoms with Gasteiger partial charge in [-0.3, -0.25) is 4.99 Å². The first-order chi connectivity index (χ1) is 16.7. The van der Waals surface area contributed by atoms with Crippen molar-refractivity contribution in [2.45, 2.75) is 58.4 Å². The van der Waals surface area contributed by atoms with Crippen molar-refractivity contribution in [2.75, 3.05) is 5.32 Å². The third kappa shape index (κ3) is 5.27. The van der Waals surface area contributed by atoms with Crippen LogP contribution in [0, 0.1) is 17.7 Å². The Morgan fingerprint density at radius 2 is 2.03 bits per heavy atom. The summed E-state index contributed by atoms with van der Waals surface area (Å²) in [6, 6.07) is 6.77. The topological polar surface area (TPSA) is 66.0 Å². The minimum Gasteiger partial charge on any atom is -0.361 e. The third-order valence-corrected chi connectivity index (χ3v) is 7.17. The molecule has 2 N–H and O–H groups in total. The number of aliphatic imine (C=N–C) groups is 1. The molecule has 3 aromatic rings. The first-order valence-electron chi connectivity index (χ1n) is 12.4. The second-order valence-corrected chi connectivity index (χ2v) is 9.64. The number of allylic oxidation sites excluding steroid dienone is 1. The molecule has 1 saturated carbocycles. The molecule has 0 amide bonds. The van der Waals surface area contributed by atoms with E-state index in [1.165, 1.54) is 55.9 Å². The minimum absolute atomic E-state index is 0.170. The number of hydrogen-bond acceptors (Lipinski definition) is 4. The second-order valence-electron chi connectivity index (χ2n) is 9.64. The maximum absolute atomic E-state index is 13.9. The van der Waals surface area contributed by atoms with Crippen LogP contribution in [0.4, 0.5) is 16.0 Å². The van der Waals surface area contributed by atoms with Crippen LogP contribution < -0.4 is 5.32 Å². The van der Waals surface area contributed by atoms with E-state index in [0.29, 0.717) is 12.4 Å². The highest BCUT2D eigenvalue weighted by atomic mass is 19.1. The van der Waals surface area contributed by atoms with E-state index in [4.69, 9.17) is 4.99 Å². The molecule has 0 saturated heterocycles. The molecular formula is C28H32FN5. The highest BCUT2D eigenvalue weighted by molar-refractivity contribution is 5.99. The summed E-state index contributed by atoms with van der Waals surface area (Å²) < 4.78 is 13.9. The minimum atomic E-state index is -0.404. The molecule has 34 heavy (non-hydrogen) atoms. The van der Waals surface area contributed by atoms with Crippen molar-refractivity contribution in [3.63, 3.8) is 0 Å². The molecule has 1 aliphatic carbocycles. The first-order valence-corrected chi connectivity index (χ1v) is 12.4. The fourth-order valence-corrected chi connectivity index (χ4v) is 5.05. The van der Waals surface area contributed by atoms with E-state index >= 15 is 0 Å². The number of pyridine rings is 2. The molecule has 2 aliphatic rings. The van der Waals surface area contributed by atoms with Gasteiger partial charge in [0, 0.05) is 46.7 Å². The van der Waals surface area contributed by atoms with Crippen LogP contribution in [0.1, 0.15) is 63.1 Å². The molecule has 6 heteroatoms. The lowest BCUT2D eigenvalue weighted by Crippen LogP contribution is -2.03. The van der Waals surface area contributed by atoms with Crippen molar-refractivity contribution >= 4 is 23.4 Å². The molecule has 2 unspecified atom stereocenters. The van der Waals surface area contributed by atoms with Crippen molar-refractivity contribution in [3.05, 3.63) is 66.0 Å². The van der Waals surface area contributed by atoms with Crippen molar-refractivity contribution < 1.29 is 4.39 Å². The number of H-pyrrole nitrogens is 1. The lowest BCUT2D eigenvalue weighted by Gasteiger charge is -2.13. The molecule has 0 aromatic carbocycles. The average molecular weight is 458 g/mol. The van der Waals surface area contributed by atoms with E-state index in [0.717, 1.165) is 35.1 Å². The maximum atomic E-state index is 13.9. The third-order valence-electron chi connectivity index (χ3n) is 7.17. The number of rotatable bonds is 6. The zero-order chi connectivity index (χ0) is 23.3. The SMILES string of the molecule is CC1CCCC(CCC2=NCc3c(-c4ccc(Nc5ncccc5F)nc4)c[nH]c3C=C2)CC1. The van der Waals surface area contributed by atoms with Gasteiger partial charge >= 0.3 is 0 Å². The van der Waals surface area contributed by atoms with Crippen LogP contribution in [-0.4, -0.2) is 20.7 Å². The smallest absolute Gasteiger partial charge is 0.167 e. The summed E-state index contributed by atoms with van der Waals surface area (Å²) in [5.41, 5.74) is 5.60. The van der Waals surface area contributed by atoms with Crippen molar-refractivity contribution in [1.29, 1.82) is 0 Å². The number of fused-ring (bicyclic) bond motifs is 1. The summed E-state index contributed by atoms with van der Waals surface area (Å²) in [5.74, 6) is 2.05. The van der Waals surface area contributed by atoms with Crippen molar-refractivity contribution in [1.82, 2.24) is 15.0 Å². The van der Waals surface area contributed by atoms with Gasteiger partial charge in [-0.1, -0.05) is 39.0 Å². The van der Waals surface area contributed by atoms with Crippen LogP contribution in [0.5, 0.6) is 0 Å². The molecule has 0 spiro atoms. The van der Waals surface area contributed by atoms with Gasteiger partial charge in [-0.25, -0.2) is 14.4 Å². The first kappa shape index (κ1) is 22.5. The van der Waals surface area contributed by atoms with Crippen LogP contribution in [0.25, 0.3) is 17.2 Å². The van der Waals surface area contributed by atoms with E-state index in [-0.39, 0.29) is 5.82 Å². The standard InChI is InChI=1S/C28H32FN5/c1-19-4-2-5-20(8-7-19)9-11-22-12-13-26-24(18-31-22)23(17-32-26)21-10-14-27(33-16-21)34-28-25(29)6-3-15-30-28/h3,6,10,12-17,19-20,32H,2,4-5,7-9,11,18H2,1H3,(H,30,33,34). The van der Waals surface area contributed by atoms with Crippen LogP contribution in [0.2, 0.25) is 0 Å². The van der Waals surface area contributed by atoms with Crippen LogP contribution in [-0.2, 0) is 6.54 Å². The van der Waals surface area contributed by atoms with Crippen LogP contribution in [0.3, 0.4) is 0 Å². The summed E-state index contributed by atoms with van der Waals surface area (Å²) in [7, 11) is 0. The number of hydrogen-bond donors (Lipinski definition) is 2. The van der Waals surface area contributed by atoms with Gasteiger partial charge in [-0.15, -0.1) is 0 Å². The van der Waals surface area contributed by atoms with Gasteiger partial charge in [0.2, 0.25) is 0 Å². The van der Waals surface area contributed by atoms with Gasteiger partial charge in [0.15, 0.2) is 11.6 Å². The number of halogens is 1. The van der Waals surface area contributed by atoms with Crippen molar-refractivity contribution in [3.8, 4) is 11.1 Å². The van der Waals surface area contributed by atoms with Crippen molar-refractivity contribution in [2.24, 2.45) is 16.8 Å². The molecule has 1 fully saturated rings. The zero-order valence-electron chi connectivity index (χ0n) is 19.7. The summed E-state index contributed by atoms with van der Waals surface area (Å²) in [4.78, 5) is 16.8. The number of aromatic nitrogens is 3. The molecular weight excluding hydrogens is 425 g/mol. The number of anilines is 2. The summed E-state index contributed by atoms with van der Waals surface area (Å²) in [6.07, 6.45) is 18.9. The van der Waals surface area contributed by atoms with E-state index < -0.39 is 5.82 Å². The summed E-state index contributed by atoms with van der Waals surface area (Å²) in [6.45, 7) is 3.06. The molecule has 5 nitrogen and oxygen atoms in total. The average Bonchev–Trinajstić information content (AvgIpc) is 2.99. The van der Waals surface area contributed by atoms with E-state index in [1.807, 2.05) is 18.3 Å². The number of nitrogens with one attached hydrogen (secondary N) is 2. The Labute approximate surface area is 200 Å². The highest BCUT2D eigenvalue weighted by Gasteiger charge is 2.18. The normalized spacial score (nSPS) is 20.2. The lowest BCUT2D eigenvalue weighted by atomic mass is 9.93. The fraction of sp³-hybridized carbons (Fsp3) is 0.393. The molecule has 5 rings (SSSR count). The Kier molecular flexibility index (Phi) is 6.84. The Morgan fingerprint density at radius 1 is 1.09 bits per heavy atom. The molecule has 3 aromatic heterocycles. The Morgan fingerprint density at radius 3 is 2.88 bits per heavy atom. The summed E-state index contributed by atoms with van der Waals surface area (Å²) >= 11 is 0. The molecule has 0 bridgehead atoms. The van der Waals surface area contributed by atoms with Gasteiger partial charge in [-0.2, -0.15) is 0 Å². The molecule has 176 valence electrons. The largest absolute Gasteiger partial charge is 0.361 e. The predicted octanol–water partition coefficient (Wildman–Crippen LogP) is 7.32. The summed E-state index contributed by atoms with van der Waals surface area (Å²) in [5, 5.41) is 2.93. The fourth-order valence-electron chi connectivity index (χ4n) is 5.05. The Bertz CT molecular complexity index is 1180. The Balaban J connectivity index is 1.24. The Hall–Kier alpha value is -3.28. The highest BCUT2D eigenvalue weighted by Crippen LogP contribution is 2.32. The number of aromatic amines is 1. The van der Waals surface area contributed by atoms with E-state index in [2.05, 4.69) is 39.3 Å². The van der Waals surface area contributed by atoms with Gasteiger partial charge in [0.25, 0.3) is 0 Å². The van der Waals surface area contributed by atoms with Crippen LogP contribution >= 0.6 is 0 Å². The molecule has 1 aliphatic heterocycles. The van der Waals surface area contributed by atoms with Crippen LogP contribution in [0.15, 0.2) is 53.9 Å². The second kappa shape index (κ2) is 10.3. The van der Waals surface area contributed by atoms with E-state index in [9.17, 15) is 4.39 Å². The molecule has 4 heterocycles. The molecule has 2 atom stereocenters. The van der Waals surface area contributed by atoms with Gasteiger partial charge in [0.05, 0.1) is 6.54 Å². The predicted molar refractivity (Wildman–Crippen MR) is 137 cm³/mol.